The highest BCUT2D eigenvalue weighted by molar-refractivity contribution is 6.36. The van der Waals surface area contributed by atoms with E-state index in [-0.39, 0.29) is 11.6 Å². The fourth-order valence-electron chi connectivity index (χ4n) is 1.68. The number of carbonyl (C=O) groups excluding carboxylic acids is 1. The monoisotopic (exact) mass is 183 g/mol. The van der Waals surface area contributed by atoms with Crippen LogP contribution in [0, 0.1) is 0 Å². The first kappa shape index (κ1) is 8.53. The van der Waals surface area contributed by atoms with Gasteiger partial charge in [-0.1, -0.05) is 5.16 Å². The number of ether oxygens (including phenoxy) is 1. The van der Waals surface area contributed by atoms with Gasteiger partial charge in [-0.3, -0.25) is 0 Å². The van der Waals surface area contributed by atoms with Gasteiger partial charge in [-0.25, -0.2) is 4.79 Å². The lowest BCUT2D eigenvalue weighted by Gasteiger charge is -2.34. The van der Waals surface area contributed by atoms with Crippen LogP contribution in [0.3, 0.4) is 0 Å². The standard InChI is InChI=1S/C9H13NO3/c1-2-12-8(11)7-6-9(13-10-7)4-3-5-9/h2-6H2,1H3. The Morgan fingerprint density at radius 2 is 2.46 bits per heavy atom. The van der Waals surface area contributed by atoms with Gasteiger partial charge in [0.25, 0.3) is 0 Å². The van der Waals surface area contributed by atoms with Gasteiger partial charge < -0.3 is 9.57 Å². The lowest BCUT2D eigenvalue weighted by Crippen LogP contribution is -2.37. The van der Waals surface area contributed by atoms with Crippen LogP contribution in [0.15, 0.2) is 5.16 Å². The molecule has 1 saturated carbocycles. The van der Waals surface area contributed by atoms with Gasteiger partial charge in [0.2, 0.25) is 0 Å². The van der Waals surface area contributed by atoms with E-state index in [0.29, 0.717) is 18.7 Å². The lowest BCUT2D eigenvalue weighted by atomic mass is 9.77. The zero-order valence-corrected chi connectivity index (χ0v) is 7.71. The topological polar surface area (TPSA) is 47.9 Å². The fraction of sp³-hybridized carbons (Fsp3) is 0.778. The average Bonchev–Trinajstić information content (AvgIpc) is 2.47. The van der Waals surface area contributed by atoms with Crippen LogP contribution < -0.4 is 0 Å². The van der Waals surface area contributed by atoms with E-state index in [4.69, 9.17) is 9.57 Å². The van der Waals surface area contributed by atoms with E-state index in [9.17, 15) is 4.79 Å². The lowest BCUT2D eigenvalue weighted by molar-refractivity contribution is -0.135. The Labute approximate surface area is 76.9 Å². The molecule has 0 aromatic rings. The second-order valence-electron chi connectivity index (χ2n) is 3.56. The minimum atomic E-state index is -0.328. The maximum absolute atomic E-state index is 11.2. The van der Waals surface area contributed by atoms with Crippen molar-refractivity contribution in [2.75, 3.05) is 6.61 Å². The first-order chi connectivity index (χ1) is 6.26. The summed E-state index contributed by atoms with van der Waals surface area (Å²) in [5, 5.41) is 3.77. The van der Waals surface area contributed by atoms with E-state index in [2.05, 4.69) is 5.16 Å². The van der Waals surface area contributed by atoms with Crippen molar-refractivity contribution in [3.05, 3.63) is 0 Å². The summed E-state index contributed by atoms with van der Waals surface area (Å²) in [5.41, 5.74) is 0.309. The van der Waals surface area contributed by atoms with Gasteiger partial charge in [0.1, 0.15) is 5.60 Å². The number of oxime groups is 1. The van der Waals surface area contributed by atoms with Crippen molar-refractivity contribution >= 4 is 11.7 Å². The van der Waals surface area contributed by atoms with Crippen LogP contribution in [0.2, 0.25) is 0 Å². The molecule has 1 heterocycles. The van der Waals surface area contributed by atoms with Crippen molar-refractivity contribution < 1.29 is 14.4 Å². The quantitative estimate of drug-likeness (QED) is 0.605. The van der Waals surface area contributed by atoms with Crippen molar-refractivity contribution in [2.45, 2.75) is 38.2 Å². The van der Waals surface area contributed by atoms with Gasteiger partial charge in [0.15, 0.2) is 5.71 Å². The first-order valence-electron chi connectivity index (χ1n) is 4.68. The molecule has 1 aliphatic heterocycles. The second-order valence-corrected chi connectivity index (χ2v) is 3.56. The molecule has 13 heavy (non-hydrogen) atoms. The van der Waals surface area contributed by atoms with Crippen LogP contribution in [0.1, 0.15) is 32.6 Å². The SMILES string of the molecule is CCOC(=O)C1=NOC2(CCC2)C1. The third-order valence-corrected chi connectivity index (χ3v) is 2.61. The van der Waals surface area contributed by atoms with Crippen LogP contribution in [0.4, 0.5) is 0 Å². The van der Waals surface area contributed by atoms with Crippen molar-refractivity contribution in [3.8, 4) is 0 Å². The number of rotatable bonds is 2. The number of nitrogens with zero attached hydrogens (tertiary/aromatic N) is 1. The highest BCUT2D eigenvalue weighted by Gasteiger charge is 2.46. The van der Waals surface area contributed by atoms with Crippen molar-refractivity contribution in [2.24, 2.45) is 5.16 Å². The summed E-state index contributed by atoms with van der Waals surface area (Å²) in [6.45, 7) is 2.18. The number of hydrogen-bond acceptors (Lipinski definition) is 4. The third-order valence-electron chi connectivity index (χ3n) is 2.61. The Morgan fingerprint density at radius 1 is 1.69 bits per heavy atom. The molecule has 1 spiro atoms. The van der Waals surface area contributed by atoms with E-state index in [1.165, 1.54) is 6.42 Å². The Morgan fingerprint density at radius 3 is 2.92 bits per heavy atom. The largest absolute Gasteiger partial charge is 0.461 e. The minimum absolute atomic E-state index is 0.137. The normalized spacial score (nSPS) is 23.3. The van der Waals surface area contributed by atoms with Gasteiger partial charge in [-0.15, -0.1) is 0 Å². The molecule has 0 amide bonds. The average molecular weight is 183 g/mol. The summed E-state index contributed by atoms with van der Waals surface area (Å²) >= 11 is 0. The Bertz CT molecular complexity index is 256. The van der Waals surface area contributed by atoms with Crippen LogP contribution >= 0.6 is 0 Å². The molecule has 1 aliphatic carbocycles. The molecule has 4 nitrogen and oxygen atoms in total. The predicted octanol–water partition coefficient (Wildman–Crippen LogP) is 1.25. The van der Waals surface area contributed by atoms with Gasteiger partial charge in [-0.2, -0.15) is 0 Å². The summed E-state index contributed by atoms with van der Waals surface area (Å²) in [6.07, 6.45) is 3.83. The minimum Gasteiger partial charge on any atom is -0.461 e. The third kappa shape index (κ3) is 1.41. The number of hydrogen-bond donors (Lipinski definition) is 0. The van der Waals surface area contributed by atoms with Crippen molar-refractivity contribution in [1.29, 1.82) is 0 Å². The van der Waals surface area contributed by atoms with Gasteiger partial charge in [0.05, 0.1) is 6.61 Å². The number of carbonyl (C=O) groups is 1. The van der Waals surface area contributed by atoms with Gasteiger partial charge in [-0.05, 0) is 26.2 Å². The highest BCUT2D eigenvalue weighted by atomic mass is 16.7. The molecule has 0 aromatic heterocycles. The fourth-order valence-corrected chi connectivity index (χ4v) is 1.68. The van der Waals surface area contributed by atoms with Crippen molar-refractivity contribution in [1.82, 2.24) is 0 Å². The Balaban J connectivity index is 1.92. The van der Waals surface area contributed by atoms with Gasteiger partial charge >= 0.3 is 5.97 Å². The molecule has 0 aromatic carbocycles. The van der Waals surface area contributed by atoms with E-state index < -0.39 is 0 Å². The summed E-state index contributed by atoms with van der Waals surface area (Å²) in [5.74, 6) is -0.328. The van der Waals surface area contributed by atoms with Crippen LogP contribution in [-0.2, 0) is 14.4 Å². The van der Waals surface area contributed by atoms with Crippen LogP contribution in [-0.4, -0.2) is 23.9 Å². The smallest absolute Gasteiger partial charge is 0.356 e. The highest BCUT2D eigenvalue weighted by Crippen LogP contribution is 2.42. The molecular weight excluding hydrogens is 170 g/mol. The molecule has 1 fully saturated rings. The van der Waals surface area contributed by atoms with Crippen LogP contribution in [0.25, 0.3) is 0 Å². The molecule has 0 saturated heterocycles. The molecule has 0 bridgehead atoms. The van der Waals surface area contributed by atoms with Gasteiger partial charge in [0, 0.05) is 6.42 Å². The molecule has 72 valence electrons. The van der Waals surface area contributed by atoms with Crippen molar-refractivity contribution in [3.63, 3.8) is 0 Å². The molecule has 2 aliphatic rings. The summed E-state index contributed by atoms with van der Waals surface area (Å²) < 4.78 is 4.84. The number of esters is 1. The molecule has 0 atom stereocenters. The predicted molar refractivity (Wildman–Crippen MR) is 46.4 cm³/mol. The zero-order chi connectivity index (χ0) is 9.31. The van der Waals surface area contributed by atoms with E-state index in [1.54, 1.807) is 6.92 Å². The molecule has 2 rings (SSSR count). The molecule has 0 unspecified atom stereocenters. The maximum atomic E-state index is 11.2. The summed E-state index contributed by atoms with van der Waals surface area (Å²) in [4.78, 5) is 16.5. The molecule has 4 heteroatoms. The zero-order valence-electron chi connectivity index (χ0n) is 7.71. The van der Waals surface area contributed by atoms with E-state index in [1.807, 2.05) is 0 Å². The van der Waals surface area contributed by atoms with E-state index >= 15 is 0 Å². The second kappa shape index (κ2) is 3.01. The Kier molecular flexibility index (Phi) is 1.98. The maximum Gasteiger partial charge on any atom is 0.356 e. The summed E-state index contributed by atoms with van der Waals surface area (Å²) in [6, 6.07) is 0. The molecular formula is C9H13NO3. The Hall–Kier alpha value is -1.06. The first-order valence-corrected chi connectivity index (χ1v) is 4.68. The molecule has 0 N–H and O–H groups in total. The van der Waals surface area contributed by atoms with Crippen LogP contribution in [0.5, 0.6) is 0 Å². The van der Waals surface area contributed by atoms with E-state index in [0.717, 1.165) is 12.8 Å². The summed E-state index contributed by atoms with van der Waals surface area (Å²) in [7, 11) is 0. The molecule has 0 radical (unpaired) electrons.